The molecule has 19 heavy (non-hydrogen) atoms. The van der Waals surface area contributed by atoms with Crippen molar-refractivity contribution < 1.29 is 9.32 Å². The molecule has 2 amide bonds. The zero-order valence-electron chi connectivity index (χ0n) is 10.5. The molecule has 1 fully saturated rings. The van der Waals surface area contributed by atoms with Gasteiger partial charge in [-0.15, -0.1) is 0 Å². The monoisotopic (exact) mass is 258 g/mol. The standard InChI is InChI=1S/C13H14N4O2/c1-16-6-7-17(13(16)18)10-5-3-2-4-9(10)11-8-12(14)15-19-11/h2-5,8H,6-7H2,1H3,(H2,14,15). The van der Waals surface area contributed by atoms with Gasteiger partial charge in [0.15, 0.2) is 11.6 Å². The summed E-state index contributed by atoms with van der Waals surface area (Å²) in [6, 6.07) is 9.21. The summed E-state index contributed by atoms with van der Waals surface area (Å²) in [5, 5.41) is 3.68. The fraction of sp³-hybridized carbons (Fsp3) is 0.231. The Bertz CT molecular complexity index is 623. The van der Waals surface area contributed by atoms with Crippen molar-refractivity contribution in [3.63, 3.8) is 0 Å². The van der Waals surface area contributed by atoms with Gasteiger partial charge in [0, 0.05) is 31.8 Å². The maximum Gasteiger partial charge on any atom is 0.324 e. The van der Waals surface area contributed by atoms with Crippen LogP contribution in [-0.2, 0) is 0 Å². The second kappa shape index (κ2) is 4.31. The summed E-state index contributed by atoms with van der Waals surface area (Å²) in [4.78, 5) is 15.5. The number of anilines is 2. The minimum absolute atomic E-state index is 0.0139. The minimum atomic E-state index is -0.0139. The third-order valence-electron chi connectivity index (χ3n) is 3.21. The van der Waals surface area contributed by atoms with Gasteiger partial charge in [-0.1, -0.05) is 17.3 Å². The van der Waals surface area contributed by atoms with E-state index >= 15 is 0 Å². The summed E-state index contributed by atoms with van der Waals surface area (Å²) in [5.41, 5.74) is 7.20. The van der Waals surface area contributed by atoms with Crippen LogP contribution in [0.25, 0.3) is 11.3 Å². The van der Waals surface area contributed by atoms with Gasteiger partial charge in [0.2, 0.25) is 0 Å². The van der Waals surface area contributed by atoms with Crippen molar-refractivity contribution in [2.24, 2.45) is 0 Å². The number of hydrogen-bond donors (Lipinski definition) is 1. The Morgan fingerprint density at radius 2 is 2.11 bits per heavy atom. The molecule has 0 aliphatic carbocycles. The molecule has 0 atom stereocenters. The van der Waals surface area contributed by atoms with E-state index in [2.05, 4.69) is 5.16 Å². The molecule has 1 aromatic heterocycles. The van der Waals surface area contributed by atoms with Crippen LogP contribution in [0.4, 0.5) is 16.3 Å². The molecule has 1 aliphatic rings. The lowest BCUT2D eigenvalue weighted by Gasteiger charge is -2.18. The number of para-hydroxylation sites is 1. The molecule has 1 aromatic carbocycles. The van der Waals surface area contributed by atoms with E-state index in [1.807, 2.05) is 24.3 Å². The van der Waals surface area contributed by atoms with Crippen LogP contribution in [0.2, 0.25) is 0 Å². The molecule has 3 rings (SSSR count). The number of rotatable bonds is 2. The second-order valence-corrected chi connectivity index (χ2v) is 4.49. The maximum atomic E-state index is 12.1. The Balaban J connectivity index is 2.05. The molecule has 6 heteroatoms. The lowest BCUT2D eigenvalue weighted by molar-refractivity contribution is 0.229. The highest BCUT2D eigenvalue weighted by atomic mass is 16.5. The summed E-state index contributed by atoms with van der Waals surface area (Å²) in [5.74, 6) is 0.894. The van der Waals surface area contributed by atoms with Gasteiger partial charge in [-0.3, -0.25) is 4.90 Å². The Morgan fingerprint density at radius 1 is 1.32 bits per heavy atom. The summed E-state index contributed by atoms with van der Waals surface area (Å²) in [6.45, 7) is 1.38. The molecule has 1 saturated heterocycles. The highest BCUT2D eigenvalue weighted by Crippen LogP contribution is 2.33. The number of nitrogen functional groups attached to an aromatic ring is 1. The Labute approximate surface area is 110 Å². The molecule has 0 saturated carbocycles. The maximum absolute atomic E-state index is 12.1. The quantitative estimate of drug-likeness (QED) is 0.891. The van der Waals surface area contributed by atoms with Crippen LogP contribution in [0.15, 0.2) is 34.9 Å². The predicted octanol–water partition coefficient (Wildman–Crippen LogP) is 1.80. The number of carbonyl (C=O) groups excluding carboxylic acids is 1. The zero-order chi connectivity index (χ0) is 13.4. The number of nitrogens with zero attached hydrogens (tertiary/aromatic N) is 3. The number of amides is 2. The second-order valence-electron chi connectivity index (χ2n) is 4.49. The Morgan fingerprint density at radius 3 is 2.74 bits per heavy atom. The fourth-order valence-electron chi connectivity index (χ4n) is 2.20. The largest absolute Gasteiger partial charge is 0.381 e. The molecule has 0 unspecified atom stereocenters. The van der Waals surface area contributed by atoms with Crippen molar-refractivity contribution >= 4 is 17.5 Å². The molecule has 6 nitrogen and oxygen atoms in total. The Hall–Kier alpha value is -2.50. The highest BCUT2D eigenvalue weighted by molar-refractivity contribution is 5.97. The number of carbonyl (C=O) groups is 1. The van der Waals surface area contributed by atoms with Crippen LogP contribution < -0.4 is 10.6 Å². The van der Waals surface area contributed by atoms with Crippen LogP contribution in [-0.4, -0.2) is 36.2 Å². The van der Waals surface area contributed by atoms with Crippen LogP contribution in [0, 0.1) is 0 Å². The van der Waals surface area contributed by atoms with Crippen molar-refractivity contribution in [1.82, 2.24) is 10.1 Å². The third-order valence-corrected chi connectivity index (χ3v) is 3.21. The first kappa shape index (κ1) is 11.6. The first-order valence-electron chi connectivity index (χ1n) is 6.01. The van der Waals surface area contributed by atoms with Gasteiger partial charge in [0.25, 0.3) is 0 Å². The molecular formula is C13H14N4O2. The zero-order valence-corrected chi connectivity index (χ0v) is 10.5. The number of hydrogen-bond acceptors (Lipinski definition) is 4. The number of urea groups is 1. The van der Waals surface area contributed by atoms with Crippen molar-refractivity contribution in [2.45, 2.75) is 0 Å². The van der Waals surface area contributed by atoms with E-state index in [4.69, 9.17) is 10.3 Å². The molecule has 0 radical (unpaired) electrons. The molecule has 2 heterocycles. The molecule has 2 N–H and O–H groups in total. The topological polar surface area (TPSA) is 75.6 Å². The Kier molecular flexibility index (Phi) is 2.63. The van der Waals surface area contributed by atoms with Crippen LogP contribution in [0.3, 0.4) is 0 Å². The number of benzene rings is 1. The van der Waals surface area contributed by atoms with Gasteiger partial charge >= 0.3 is 6.03 Å². The van der Waals surface area contributed by atoms with Gasteiger partial charge < -0.3 is 15.2 Å². The van der Waals surface area contributed by atoms with Crippen LogP contribution in [0.1, 0.15) is 0 Å². The van der Waals surface area contributed by atoms with Gasteiger partial charge in [0.1, 0.15) is 0 Å². The van der Waals surface area contributed by atoms with Gasteiger partial charge in [-0.25, -0.2) is 4.79 Å². The molecule has 98 valence electrons. The number of nitrogens with two attached hydrogens (primary N) is 1. The third kappa shape index (κ3) is 1.91. The van der Waals surface area contributed by atoms with Crippen molar-refractivity contribution in [1.29, 1.82) is 0 Å². The van der Waals surface area contributed by atoms with E-state index < -0.39 is 0 Å². The van der Waals surface area contributed by atoms with E-state index in [1.54, 1.807) is 22.9 Å². The van der Waals surface area contributed by atoms with Crippen molar-refractivity contribution in [3.8, 4) is 11.3 Å². The number of likely N-dealkylation sites (N-methyl/N-ethyl adjacent to an activating group) is 1. The van der Waals surface area contributed by atoms with Crippen molar-refractivity contribution in [3.05, 3.63) is 30.3 Å². The van der Waals surface area contributed by atoms with Crippen molar-refractivity contribution in [2.75, 3.05) is 30.8 Å². The fourth-order valence-corrected chi connectivity index (χ4v) is 2.20. The SMILES string of the molecule is CN1CCN(c2ccccc2-c2cc(N)no2)C1=O. The summed E-state index contributed by atoms with van der Waals surface area (Å²) < 4.78 is 5.19. The highest BCUT2D eigenvalue weighted by Gasteiger charge is 2.28. The van der Waals surface area contributed by atoms with E-state index in [0.29, 0.717) is 24.7 Å². The summed E-state index contributed by atoms with van der Waals surface area (Å²) >= 11 is 0. The smallest absolute Gasteiger partial charge is 0.324 e. The normalized spacial score (nSPS) is 15.3. The average Bonchev–Trinajstić information content (AvgIpc) is 2.98. The van der Waals surface area contributed by atoms with Crippen LogP contribution in [0.5, 0.6) is 0 Å². The average molecular weight is 258 g/mol. The van der Waals surface area contributed by atoms with Crippen LogP contribution >= 0.6 is 0 Å². The van der Waals surface area contributed by atoms with E-state index in [9.17, 15) is 4.79 Å². The molecule has 0 spiro atoms. The molecular weight excluding hydrogens is 244 g/mol. The summed E-state index contributed by atoms with van der Waals surface area (Å²) in [6.07, 6.45) is 0. The van der Waals surface area contributed by atoms with E-state index in [1.165, 1.54) is 0 Å². The first-order chi connectivity index (χ1) is 9.16. The molecule has 0 bridgehead atoms. The molecule has 2 aromatic rings. The predicted molar refractivity (Wildman–Crippen MR) is 71.7 cm³/mol. The van der Waals surface area contributed by atoms with E-state index in [-0.39, 0.29) is 6.03 Å². The number of aromatic nitrogens is 1. The molecule has 1 aliphatic heterocycles. The summed E-state index contributed by atoms with van der Waals surface area (Å²) in [7, 11) is 1.79. The lowest BCUT2D eigenvalue weighted by Crippen LogP contribution is -2.29. The van der Waals surface area contributed by atoms with Gasteiger partial charge in [0.05, 0.1) is 5.69 Å². The van der Waals surface area contributed by atoms with E-state index in [0.717, 1.165) is 11.3 Å². The minimum Gasteiger partial charge on any atom is -0.381 e. The van der Waals surface area contributed by atoms with Gasteiger partial charge in [-0.05, 0) is 12.1 Å². The first-order valence-corrected chi connectivity index (χ1v) is 6.01. The lowest BCUT2D eigenvalue weighted by atomic mass is 10.1. The van der Waals surface area contributed by atoms with Gasteiger partial charge in [-0.2, -0.15) is 0 Å².